The molecule has 10 nitrogen and oxygen atoms in total. The van der Waals surface area contributed by atoms with E-state index in [1.807, 2.05) is 24.1 Å². The molecule has 5 rings (SSSR count). The molecule has 3 atom stereocenters. The van der Waals surface area contributed by atoms with E-state index in [0.29, 0.717) is 42.9 Å². The SMILES string of the molecule is CN1CCN(C(=O)[C@H](CCCN[C@@H]2C[C@H]2c2ccc(F)cc2)NC(=O)c2ccc(-c3nn[nH]n3)cc2)CC1. The van der Waals surface area contributed by atoms with Crippen molar-refractivity contribution >= 4 is 11.8 Å². The van der Waals surface area contributed by atoms with Gasteiger partial charge in [0.25, 0.3) is 5.91 Å². The molecule has 2 amide bonds. The van der Waals surface area contributed by atoms with Gasteiger partial charge in [-0.25, -0.2) is 4.39 Å². The third-order valence-electron chi connectivity index (χ3n) is 7.33. The van der Waals surface area contributed by atoms with Crippen molar-refractivity contribution < 1.29 is 14.0 Å². The molecular weight excluding hydrogens is 487 g/mol. The quantitative estimate of drug-likeness (QED) is 0.349. The molecule has 2 aromatic carbocycles. The van der Waals surface area contributed by atoms with Crippen LogP contribution in [0.2, 0.25) is 0 Å². The maximum Gasteiger partial charge on any atom is 0.251 e. The average Bonchev–Trinajstić information content (AvgIpc) is 3.49. The summed E-state index contributed by atoms with van der Waals surface area (Å²) in [6.45, 7) is 3.68. The van der Waals surface area contributed by atoms with Crippen molar-refractivity contribution in [2.24, 2.45) is 0 Å². The van der Waals surface area contributed by atoms with E-state index < -0.39 is 6.04 Å². The number of carbonyl (C=O) groups excluding carboxylic acids is 2. The highest BCUT2D eigenvalue weighted by Gasteiger charge is 2.37. The lowest BCUT2D eigenvalue weighted by molar-refractivity contribution is -0.135. The highest BCUT2D eigenvalue weighted by atomic mass is 19.1. The lowest BCUT2D eigenvalue weighted by Gasteiger charge is -2.34. The summed E-state index contributed by atoms with van der Waals surface area (Å²) in [4.78, 5) is 30.5. The molecule has 11 heteroatoms. The Hall–Kier alpha value is -3.70. The number of piperazine rings is 1. The first kappa shape index (κ1) is 25.9. The summed E-state index contributed by atoms with van der Waals surface area (Å²) in [5.41, 5.74) is 2.35. The van der Waals surface area contributed by atoms with Gasteiger partial charge in [-0.2, -0.15) is 5.21 Å². The van der Waals surface area contributed by atoms with Crippen LogP contribution in [-0.2, 0) is 4.79 Å². The molecule has 0 bridgehead atoms. The lowest BCUT2D eigenvalue weighted by Crippen LogP contribution is -2.54. The molecule has 1 saturated carbocycles. The summed E-state index contributed by atoms with van der Waals surface area (Å²) in [5, 5.41) is 20.4. The van der Waals surface area contributed by atoms with Gasteiger partial charge in [0.2, 0.25) is 11.7 Å². The third kappa shape index (κ3) is 6.40. The molecule has 0 radical (unpaired) electrons. The first-order valence-corrected chi connectivity index (χ1v) is 13.1. The van der Waals surface area contributed by atoms with Gasteiger partial charge >= 0.3 is 0 Å². The topological polar surface area (TPSA) is 119 Å². The number of likely N-dealkylation sites (N-methyl/N-ethyl adjacent to an activating group) is 1. The molecule has 2 heterocycles. The number of benzene rings is 2. The molecule has 200 valence electrons. The van der Waals surface area contributed by atoms with E-state index >= 15 is 0 Å². The van der Waals surface area contributed by atoms with Gasteiger partial charge in [-0.15, -0.1) is 10.2 Å². The molecular formula is C27H33FN8O2. The highest BCUT2D eigenvalue weighted by molar-refractivity contribution is 5.97. The summed E-state index contributed by atoms with van der Waals surface area (Å²) >= 11 is 0. The normalized spacial score (nSPS) is 20.2. The second-order valence-corrected chi connectivity index (χ2v) is 10.1. The van der Waals surface area contributed by atoms with Crippen molar-refractivity contribution in [2.75, 3.05) is 39.8 Å². The first-order chi connectivity index (χ1) is 18.5. The van der Waals surface area contributed by atoms with Gasteiger partial charge in [0, 0.05) is 49.3 Å². The van der Waals surface area contributed by atoms with Crippen molar-refractivity contribution in [1.29, 1.82) is 0 Å². The van der Waals surface area contributed by atoms with Crippen LogP contribution in [0.1, 0.15) is 41.1 Å². The largest absolute Gasteiger partial charge is 0.340 e. The number of halogens is 1. The second kappa shape index (κ2) is 11.8. The van der Waals surface area contributed by atoms with E-state index in [1.54, 1.807) is 24.3 Å². The maximum absolute atomic E-state index is 13.4. The molecule has 1 saturated heterocycles. The Morgan fingerprint density at radius 3 is 2.50 bits per heavy atom. The van der Waals surface area contributed by atoms with E-state index in [1.165, 1.54) is 12.1 Å². The number of H-pyrrole nitrogens is 1. The number of carbonyl (C=O) groups is 2. The molecule has 1 aromatic heterocycles. The number of aromatic nitrogens is 4. The minimum Gasteiger partial charge on any atom is -0.340 e. The predicted octanol–water partition coefficient (Wildman–Crippen LogP) is 1.80. The van der Waals surface area contributed by atoms with Crippen LogP contribution in [-0.4, -0.2) is 94.1 Å². The van der Waals surface area contributed by atoms with Gasteiger partial charge in [-0.1, -0.05) is 24.3 Å². The van der Waals surface area contributed by atoms with Crippen molar-refractivity contribution in [3.63, 3.8) is 0 Å². The zero-order chi connectivity index (χ0) is 26.5. The van der Waals surface area contributed by atoms with Gasteiger partial charge in [0.05, 0.1) is 0 Å². The van der Waals surface area contributed by atoms with Crippen LogP contribution in [0.5, 0.6) is 0 Å². The second-order valence-electron chi connectivity index (χ2n) is 10.1. The van der Waals surface area contributed by atoms with Gasteiger partial charge in [-0.3, -0.25) is 9.59 Å². The number of aromatic amines is 1. The Morgan fingerprint density at radius 2 is 1.82 bits per heavy atom. The van der Waals surface area contributed by atoms with Gasteiger partial charge in [-0.05, 0) is 67.9 Å². The Morgan fingerprint density at radius 1 is 1.08 bits per heavy atom. The number of amides is 2. The van der Waals surface area contributed by atoms with Gasteiger partial charge < -0.3 is 20.4 Å². The van der Waals surface area contributed by atoms with Crippen molar-refractivity contribution in [3.8, 4) is 11.4 Å². The van der Waals surface area contributed by atoms with Crippen LogP contribution in [0.15, 0.2) is 48.5 Å². The molecule has 2 fully saturated rings. The van der Waals surface area contributed by atoms with Crippen LogP contribution < -0.4 is 10.6 Å². The molecule has 38 heavy (non-hydrogen) atoms. The maximum atomic E-state index is 13.4. The van der Waals surface area contributed by atoms with Crippen molar-refractivity contribution in [3.05, 3.63) is 65.5 Å². The molecule has 2 aliphatic rings. The lowest BCUT2D eigenvalue weighted by atomic mass is 10.1. The fourth-order valence-corrected chi connectivity index (χ4v) is 4.89. The van der Waals surface area contributed by atoms with E-state index in [-0.39, 0.29) is 17.6 Å². The van der Waals surface area contributed by atoms with Crippen LogP contribution >= 0.6 is 0 Å². The monoisotopic (exact) mass is 520 g/mol. The minimum absolute atomic E-state index is 0.0366. The van der Waals surface area contributed by atoms with Crippen LogP contribution in [0, 0.1) is 5.82 Å². The van der Waals surface area contributed by atoms with Gasteiger partial charge in [0.1, 0.15) is 11.9 Å². The van der Waals surface area contributed by atoms with E-state index in [9.17, 15) is 14.0 Å². The Kier molecular flexibility index (Phi) is 8.04. The van der Waals surface area contributed by atoms with Crippen molar-refractivity contribution in [2.45, 2.75) is 37.3 Å². The van der Waals surface area contributed by atoms with Crippen LogP contribution in [0.3, 0.4) is 0 Å². The molecule has 0 spiro atoms. The van der Waals surface area contributed by atoms with E-state index in [0.717, 1.165) is 43.6 Å². The average molecular weight is 521 g/mol. The molecule has 1 aliphatic heterocycles. The van der Waals surface area contributed by atoms with Crippen LogP contribution in [0.4, 0.5) is 4.39 Å². The summed E-state index contributed by atoms with van der Waals surface area (Å²) < 4.78 is 13.2. The Labute approximate surface area is 221 Å². The third-order valence-corrected chi connectivity index (χ3v) is 7.33. The van der Waals surface area contributed by atoms with Crippen LogP contribution in [0.25, 0.3) is 11.4 Å². The highest BCUT2D eigenvalue weighted by Crippen LogP contribution is 2.40. The fraction of sp³-hybridized carbons (Fsp3) is 0.444. The number of nitrogens with one attached hydrogen (secondary N) is 3. The summed E-state index contributed by atoms with van der Waals surface area (Å²) in [6, 6.07) is 13.4. The number of tetrazole rings is 1. The smallest absolute Gasteiger partial charge is 0.251 e. The van der Waals surface area contributed by atoms with E-state index in [2.05, 4.69) is 36.2 Å². The number of hydrogen-bond donors (Lipinski definition) is 3. The fourth-order valence-electron chi connectivity index (χ4n) is 4.89. The molecule has 3 aromatic rings. The predicted molar refractivity (Wildman–Crippen MR) is 140 cm³/mol. The Bertz CT molecular complexity index is 1210. The van der Waals surface area contributed by atoms with Crippen molar-refractivity contribution in [1.82, 2.24) is 41.1 Å². The van der Waals surface area contributed by atoms with E-state index in [4.69, 9.17) is 0 Å². The zero-order valence-electron chi connectivity index (χ0n) is 21.4. The molecule has 0 unspecified atom stereocenters. The summed E-state index contributed by atoms with van der Waals surface area (Å²) in [7, 11) is 2.04. The zero-order valence-corrected chi connectivity index (χ0v) is 21.4. The number of nitrogens with zero attached hydrogens (tertiary/aromatic N) is 5. The first-order valence-electron chi connectivity index (χ1n) is 13.1. The standard InChI is InChI=1S/C27H33FN8O2/c1-35-13-15-36(16-14-35)27(38)23(3-2-12-29-24-17-22(24)18-8-10-21(28)11-9-18)30-26(37)20-6-4-19(5-7-20)25-31-33-34-32-25/h4-11,22-24,29H,2-3,12-17H2,1H3,(H,30,37)(H,31,32,33,34)/t22-,23-,24+/m0/s1. The Balaban J connectivity index is 1.16. The minimum atomic E-state index is -0.600. The molecule has 1 aliphatic carbocycles. The molecule has 3 N–H and O–H groups in total. The summed E-state index contributed by atoms with van der Waals surface area (Å²) in [6.07, 6.45) is 2.30. The number of hydrogen-bond acceptors (Lipinski definition) is 7. The summed E-state index contributed by atoms with van der Waals surface area (Å²) in [5.74, 6) is 0.299. The van der Waals surface area contributed by atoms with Gasteiger partial charge in [0.15, 0.2) is 0 Å². The number of rotatable bonds is 10.